The number of non-ortho nitro benzene ring substituents is 1. The number of nitrogens with zero attached hydrogens (tertiary/aromatic N) is 3. The number of aryl methyl sites for hydroxylation is 1. The van der Waals surface area contributed by atoms with Gasteiger partial charge < -0.3 is 15.4 Å². The van der Waals surface area contributed by atoms with Gasteiger partial charge in [0.05, 0.1) is 34.0 Å². The first-order valence-electron chi connectivity index (χ1n) is 8.22. The number of ether oxygens (including phenoxy) is 1. The SMILES string of the molecule is COc1cc([N+](=O)[O-])ccc1NC(=S)NCCCn1nc(C(F)(F)F)c(Br)c1C. The van der Waals surface area contributed by atoms with Gasteiger partial charge in [0.25, 0.3) is 5.69 Å². The summed E-state index contributed by atoms with van der Waals surface area (Å²) < 4.78 is 45.0. The van der Waals surface area contributed by atoms with E-state index in [-0.39, 0.29) is 27.6 Å². The smallest absolute Gasteiger partial charge is 0.436 e. The van der Waals surface area contributed by atoms with E-state index >= 15 is 0 Å². The van der Waals surface area contributed by atoms with Crippen molar-refractivity contribution in [2.24, 2.45) is 0 Å². The molecule has 0 saturated carbocycles. The summed E-state index contributed by atoms with van der Waals surface area (Å²) in [5, 5.41) is 20.4. The van der Waals surface area contributed by atoms with Crippen LogP contribution >= 0.6 is 28.1 Å². The molecular formula is C16H17BrF3N5O3S. The van der Waals surface area contributed by atoms with E-state index in [9.17, 15) is 23.3 Å². The molecule has 1 aromatic carbocycles. The summed E-state index contributed by atoms with van der Waals surface area (Å²) in [5.74, 6) is 0.250. The molecule has 8 nitrogen and oxygen atoms in total. The van der Waals surface area contributed by atoms with E-state index in [1.54, 1.807) is 6.92 Å². The van der Waals surface area contributed by atoms with Crippen LogP contribution in [0, 0.1) is 17.0 Å². The fraction of sp³-hybridized carbons (Fsp3) is 0.375. The minimum absolute atomic E-state index is 0.0691. The minimum atomic E-state index is -4.53. The fourth-order valence-electron chi connectivity index (χ4n) is 2.42. The summed E-state index contributed by atoms with van der Waals surface area (Å²) in [6.07, 6.45) is -4.06. The Labute approximate surface area is 177 Å². The number of anilines is 1. The van der Waals surface area contributed by atoms with Crippen LogP contribution in [0.1, 0.15) is 17.8 Å². The third kappa shape index (κ3) is 5.79. The van der Waals surface area contributed by atoms with Gasteiger partial charge in [0, 0.05) is 19.2 Å². The standard InChI is InChI=1S/C16H17BrF3N5O3S/c1-9-13(17)14(16(18,19)20)23-24(9)7-3-6-21-15(29)22-11-5-4-10(25(26)27)8-12(11)28-2/h4-5,8H,3,6-7H2,1-2H3,(H2,21,22,29). The van der Waals surface area contributed by atoms with Gasteiger partial charge in [0.15, 0.2) is 10.8 Å². The number of nitro benzene ring substituents is 1. The maximum absolute atomic E-state index is 12.9. The van der Waals surface area contributed by atoms with Gasteiger partial charge in [-0.1, -0.05) is 0 Å². The first-order valence-corrected chi connectivity index (χ1v) is 9.42. The molecule has 0 unspecified atom stereocenters. The minimum Gasteiger partial charge on any atom is -0.494 e. The van der Waals surface area contributed by atoms with Gasteiger partial charge in [-0.15, -0.1) is 0 Å². The molecule has 0 aliphatic rings. The molecule has 0 aliphatic heterocycles. The van der Waals surface area contributed by atoms with E-state index in [2.05, 4.69) is 31.7 Å². The Balaban J connectivity index is 1.89. The second-order valence-electron chi connectivity index (χ2n) is 5.85. The Morgan fingerprint density at radius 2 is 2.14 bits per heavy atom. The van der Waals surface area contributed by atoms with Crippen molar-refractivity contribution in [2.45, 2.75) is 26.1 Å². The zero-order valence-corrected chi connectivity index (χ0v) is 17.7. The molecule has 2 N–H and O–H groups in total. The highest BCUT2D eigenvalue weighted by atomic mass is 79.9. The molecule has 0 atom stereocenters. The lowest BCUT2D eigenvalue weighted by molar-refractivity contribution is -0.384. The van der Waals surface area contributed by atoms with E-state index in [4.69, 9.17) is 17.0 Å². The van der Waals surface area contributed by atoms with Crippen molar-refractivity contribution < 1.29 is 22.8 Å². The Kier molecular flexibility index (Phi) is 7.41. The molecule has 0 fully saturated rings. The third-order valence-corrected chi connectivity index (χ3v) is 5.07. The molecule has 0 aliphatic carbocycles. The molecular weight excluding hydrogens is 479 g/mol. The molecule has 0 spiro atoms. The first-order chi connectivity index (χ1) is 13.5. The van der Waals surface area contributed by atoms with Gasteiger partial charge in [0.1, 0.15) is 5.75 Å². The molecule has 2 rings (SSSR count). The highest BCUT2D eigenvalue weighted by molar-refractivity contribution is 9.10. The number of nitro groups is 1. The lowest BCUT2D eigenvalue weighted by Crippen LogP contribution is -2.30. The van der Waals surface area contributed by atoms with Crippen molar-refractivity contribution in [1.82, 2.24) is 15.1 Å². The van der Waals surface area contributed by atoms with Crippen molar-refractivity contribution >= 4 is 44.6 Å². The zero-order valence-electron chi connectivity index (χ0n) is 15.3. The van der Waals surface area contributed by atoms with Crippen LogP contribution in [-0.4, -0.2) is 33.5 Å². The van der Waals surface area contributed by atoms with Gasteiger partial charge in [-0.3, -0.25) is 14.8 Å². The van der Waals surface area contributed by atoms with Crippen molar-refractivity contribution in [3.63, 3.8) is 0 Å². The van der Waals surface area contributed by atoms with Crippen molar-refractivity contribution in [2.75, 3.05) is 19.0 Å². The summed E-state index contributed by atoms with van der Waals surface area (Å²) in [7, 11) is 1.38. The van der Waals surface area contributed by atoms with Crippen LogP contribution in [0.2, 0.25) is 0 Å². The maximum Gasteiger partial charge on any atom is 0.436 e. The number of hydrogen-bond acceptors (Lipinski definition) is 5. The lowest BCUT2D eigenvalue weighted by Gasteiger charge is -2.13. The molecule has 0 bridgehead atoms. The highest BCUT2D eigenvalue weighted by Crippen LogP contribution is 2.35. The average Bonchev–Trinajstić information content (AvgIpc) is 2.94. The van der Waals surface area contributed by atoms with E-state index < -0.39 is 16.8 Å². The predicted molar refractivity (Wildman–Crippen MR) is 108 cm³/mol. The lowest BCUT2D eigenvalue weighted by atomic mass is 10.2. The number of halogens is 4. The van der Waals surface area contributed by atoms with Crippen molar-refractivity contribution in [1.29, 1.82) is 0 Å². The van der Waals surface area contributed by atoms with E-state index in [0.717, 1.165) is 0 Å². The second kappa shape index (κ2) is 9.39. The van der Waals surface area contributed by atoms with Gasteiger partial charge in [-0.05, 0) is 47.6 Å². The first kappa shape index (κ1) is 22.9. The molecule has 1 aromatic heterocycles. The van der Waals surface area contributed by atoms with E-state index in [0.29, 0.717) is 24.3 Å². The topological polar surface area (TPSA) is 94.3 Å². The molecule has 2 aromatic rings. The molecule has 0 amide bonds. The second-order valence-corrected chi connectivity index (χ2v) is 7.05. The number of hydrogen-bond donors (Lipinski definition) is 2. The summed E-state index contributed by atoms with van der Waals surface area (Å²) in [6, 6.07) is 4.04. The number of thiocarbonyl (C=S) groups is 1. The number of nitrogens with one attached hydrogen (secondary N) is 2. The van der Waals surface area contributed by atoms with Gasteiger partial charge in [-0.25, -0.2) is 0 Å². The average molecular weight is 496 g/mol. The molecule has 0 saturated heterocycles. The third-order valence-electron chi connectivity index (χ3n) is 3.88. The zero-order chi connectivity index (χ0) is 21.8. The number of rotatable bonds is 7. The summed E-state index contributed by atoms with van der Waals surface area (Å²) in [6.45, 7) is 2.18. The Morgan fingerprint density at radius 1 is 1.45 bits per heavy atom. The number of alkyl halides is 3. The van der Waals surface area contributed by atoms with Crippen molar-refractivity contribution in [3.05, 3.63) is 44.2 Å². The molecule has 158 valence electrons. The molecule has 1 heterocycles. The van der Waals surface area contributed by atoms with Gasteiger partial charge in [0.2, 0.25) is 0 Å². The van der Waals surface area contributed by atoms with Gasteiger partial charge in [-0.2, -0.15) is 18.3 Å². The van der Waals surface area contributed by atoms with Crippen molar-refractivity contribution in [3.8, 4) is 5.75 Å². The van der Waals surface area contributed by atoms with Crippen LogP contribution in [0.15, 0.2) is 22.7 Å². The normalized spacial score (nSPS) is 11.2. The number of benzene rings is 1. The predicted octanol–water partition coefficient (Wildman–Crippen LogP) is 4.27. The Bertz CT molecular complexity index is 920. The monoisotopic (exact) mass is 495 g/mol. The largest absolute Gasteiger partial charge is 0.494 e. The van der Waals surface area contributed by atoms with Crippen LogP contribution in [0.25, 0.3) is 0 Å². The quantitative estimate of drug-likeness (QED) is 0.256. The van der Waals surface area contributed by atoms with Crippen LogP contribution in [0.5, 0.6) is 5.75 Å². The highest BCUT2D eigenvalue weighted by Gasteiger charge is 2.37. The Hall–Kier alpha value is -2.41. The van der Waals surface area contributed by atoms with Crippen LogP contribution in [0.4, 0.5) is 24.5 Å². The molecule has 13 heteroatoms. The Morgan fingerprint density at radius 3 is 2.69 bits per heavy atom. The van der Waals surface area contributed by atoms with Crippen LogP contribution < -0.4 is 15.4 Å². The number of aromatic nitrogens is 2. The summed E-state index contributed by atoms with van der Waals surface area (Å²) in [4.78, 5) is 10.3. The molecule has 29 heavy (non-hydrogen) atoms. The maximum atomic E-state index is 12.9. The number of methoxy groups -OCH3 is 1. The summed E-state index contributed by atoms with van der Waals surface area (Å²) in [5.41, 5.74) is -0.249. The summed E-state index contributed by atoms with van der Waals surface area (Å²) >= 11 is 8.10. The van der Waals surface area contributed by atoms with Crippen LogP contribution in [-0.2, 0) is 12.7 Å². The fourth-order valence-corrected chi connectivity index (χ4v) is 3.14. The van der Waals surface area contributed by atoms with E-state index in [1.165, 1.54) is 30.0 Å². The van der Waals surface area contributed by atoms with Gasteiger partial charge >= 0.3 is 6.18 Å². The van der Waals surface area contributed by atoms with Crippen LogP contribution in [0.3, 0.4) is 0 Å². The van der Waals surface area contributed by atoms with E-state index in [1.807, 2.05) is 0 Å². The molecule has 0 radical (unpaired) electrons.